The third kappa shape index (κ3) is 2.33. The van der Waals surface area contributed by atoms with E-state index in [1.54, 1.807) is 12.1 Å². The lowest BCUT2D eigenvalue weighted by Crippen LogP contribution is -2.03. The van der Waals surface area contributed by atoms with Gasteiger partial charge in [0.05, 0.1) is 18.6 Å². The van der Waals surface area contributed by atoms with Gasteiger partial charge in [-0.2, -0.15) is 0 Å². The van der Waals surface area contributed by atoms with Crippen molar-refractivity contribution in [2.24, 2.45) is 0 Å². The average molecular weight is 213 g/mol. The van der Waals surface area contributed by atoms with Crippen molar-refractivity contribution in [3.05, 3.63) is 35.4 Å². The number of rotatable bonds is 3. The van der Waals surface area contributed by atoms with Gasteiger partial charge in [0.25, 0.3) is 0 Å². The second kappa shape index (κ2) is 4.77. The van der Waals surface area contributed by atoms with Crippen LogP contribution in [0.25, 0.3) is 0 Å². The van der Waals surface area contributed by atoms with Crippen LogP contribution in [0.15, 0.2) is 24.3 Å². The minimum absolute atomic E-state index is 0.0580. The molecule has 0 atom stereocenters. The van der Waals surface area contributed by atoms with Crippen LogP contribution < -0.4 is 0 Å². The van der Waals surface area contributed by atoms with Crippen molar-refractivity contribution in [3.8, 4) is 0 Å². The summed E-state index contributed by atoms with van der Waals surface area (Å²) in [7, 11) is 1.31. The zero-order valence-corrected chi connectivity index (χ0v) is 8.38. The number of esters is 1. The van der Waals surface area contributed by atoms with Crippen molar-refractivity contribution in [1.29, 1.82) is 0 Å². The molecule has 0 aliphatic heterocycles. The van der Waals surface area contributed by atoms with Gasteiger partial charge in [0.2, 0.25) is 0 Å². The Balaban J connectivity index is 2.89. The SMILES string of the molecule is COC(=O)c1ccc(C(=O)CCl)cc1. The molecule has 0 N–H and O–H groups in total. The van der Waals surface area contributed by atoms with Crippen LogP contribution in [0, 0.1) is 0 Å². The lowest BCUT2D eigenvalue weighted by molar-refractivity contribution is 0.0600. The number of hydrogen-bond donors (Lipinski definition) is 0. The van der Waals surface area contributed by atoms with Crippen molar-refractivity contribution in [2.75, 3.05) is 13.0 Å². The fraction of sp³-hybridized carbons (Fsp3) is 0.200. The van der Waals surface area contributed by atoms with E-state index in [9.17, 15) is 9.59 Å². The summed E-state index contributed by atoms with van der Waals surface area (Å²) >= 11 is 5.37. The molecule has 1 aromatic carbocycles. The Morgan fingerprint density at radius 2 is 1.71 bits per heavy atom. The molecule has 14 heavy (non-hydrogen) atoms. The van der Waals surface area contributed by atoms with E-state index in [4.69, 9.17) is 11.6 Å². The number of hydrogen-bond acceptors (Lipinski definition) is 3. The number of Topliss-reactive ketones (excluding diaryl/α,β-unsaturated/α-hetero) is 1. The van der Waals surface area contributed by atoms with E-state index in [0.29, 0.717) is 11.1 Å². The van der Waals surface area contributed by atoms with Gasteiger partial charge in [0.1, 0.15) is 0 Å². The molecule has 4 heteroatoms. The molecule has 0 aliphatic carbocycles. The highest BCUT2D eigenvalue weighted by Gasteiger charge is 2.07. The summed E-state index contributed by atoms with van der Waals surface area (Å²) in [5.74, 6) is -0.643. The molecule has 0 radical (unpaired) electrons. The van der Waals surface area contributed by atoms with Crippen LogP contribution in [-0.2, 0) is 4.74 Å². The van der Waals surface area contributed by atoms with Gasteiger partial charge in [-0.25, -0.2) is 4.79 Å². The van der Waals surface area contributed by atoms with Gasteiger partial charge in [0, 0.05) is 5.56 Å². The van der Waals surface area contributed by atoms with Gasteiger partial charge >= 0.3 is 5.97 Å². The van der Waals surface area contributed by atoms with Gasteiger partial charge in [-0.1, -0.05) is 12.1 Å². The van der Waals surface area contributed by atoms with E-state index < -0.39 is 5.97 Å². The Hall–Kier alpha value is -1.35. The smallest absolute Gasteiger partial charge is 0.337 e. The molecular weight excluding hydrogens is 204 g/mol. The molecule has 1 rings (SSSR count). The van der Waals surface area contributed by atoms with E-state index in [-0.39, 0.29) is 11.7 Å². The van der Waals surface area contributed by atoms with E-state index >= 15 is 0 Å². The fourth-order valence-electron chi connectivity index (χ4n) is 0.987. The zero-order valence-electron chi connectivity index (χ0n) is 7.62. The van der Waals surface area contributed by atoms with Gasteiger partial charge in [-0.15, -0.1) is 11.6 Å². The molecule has 0 saturated carbocycles. The molecule has 0 saturated heterocycles. The molecular formula is C10H9ClO3. The Morgan fingerprint density at radius 3 is 2.14 bits per heavy atom. The van der Waals surface area contributed by atoms with E-state index in [1.807, 2.05) is 0 Å². The van der Waals surface area contributed by atoms with E-state index in [1.165, 1.54) is 19.2 Å². The maximum absolute atomic E-state index is 11.1. The summed E-state index contributed by atoms with van der Waals surface area (Å²) in [6.07, 6.45) is 0. The highest BCUT2D eigenvalue weighted by atomic mass is 35.5. The second-order valence-electron chi connectivity index (χ2n) is 2.63. The van der Waals surface area contributed by atoms with Crippen molar-refractivity contribution >= 4 is 23.4 Å². The third-order valence-corrected chi connectivity index (χ3v) is 1.99. The molecule has 0 bridgehead atoms. The predicted molar refractivity (Wildman–Crippen MR) is 52.8 cm³/mol. The monoisotopic (exact) mass is 212 g/mol. The third-order valence-electron chi connectivity index (χ3n) is 1.75. The van der Waals surface area contributed by atoms with Crippen molar-refractivity contribution < 1.29 is 14.3 Å². The topological polar surface area (TPSA) is 43.4 Å². The van der Waals surface area contributed by atoms with Crippen LogP contribution in [-0.4, -0.2) is 24.7 Å². The number of carbonyl (C=O) groups is 2. The molecule has 0 unspecified atom stereocenters. The Morgan fingerprint density at radius 1 is 1.21 bits per heavy atom. The number of alkyl halides is 1. The first-order valence-corrected chi connectivity index (χ1v) is 4.50. The van der Waals surface area contributed by atoms with Crippen molar-refractivity contribution in [3.63, 3.8) is 0 Å². The average Bonchev–Trinajstić information content (AvgIpc) is 2.27. The Kier molecular flexibility index (Phi) is 3.65. The van der Waals surface area contributed by atoms with Crippen molar-refractivity contribution in [1.82, 2.24) is 0 Å². The summed E-state index contributed by atoms with van der Waals surface area (Å²) in [6, 6.07) is 6.17. The number of carbonyl (C=O) groups excluding carboxylic acids is 2. The predicted octanol–water partition coefficient (Wildman–Crippen LogP) is 1.89. The molecule has 74 valence electrons. The second-order valence-corrected chi connectivity index (χ2v) is 2.89. The first kappa shape index (κ1) is 10.7. The van der Waals surface area contributed by atoms with Gasteiger partial charge in [-0.05, 0) is 12.1 Å². The number of ketones is 1. The molecule has 0 aromatic heterocycles. The Bertz CT molecular complexity index is 308. The number of benzene rings is 1. The minimum Gasteiger partial charge on any atom is -0.465 e. The van der Waals surface area contributed by atoms with Crippen LogP contribution in [0.5, 0.6) is 0 Å². The first-order chi connectivity index (χ1) is 6.69. The lowest BCUT2D eigenvalue weighted by Gasteiger charge is -2.00. The summed E-state index contributed by atoms with van der Waals surface area (Å²) in [5, 5.41) is 0. The summed E-state index contributed by atoms with van der Waals surface area (Å²) < 4.78 is 4.51. The van der Waals surface area contributed by atoms with E-state index in [0.717, 1.165) is 0 Å². The zero-order chi connectivity index (χ0) is 10.6. The number of methoxy groups -OCH3 is 1. The normalized spacial score (nSPS) is 9.57. The first-order valence-electron chi connectivity index (χ1n) is 3.96. The molecule has 0 amide bonds. The number of halogens is 1. The van der Waals surface area contributed by atoms with Crippen LogP contribution in [0.3, 0.4) is 0 Å². The molecule has 0 heterocycles. The molecule has 1 aromatic rings. The summed E-state index contributed by atoms with van der Waals surface area (Å²) in [6.45, 7) is 0. The van der Waals surface area contributed by atoms with E-state index in [2.05, 4.69) is 4.74 Å². The molecule has 0 spiro atoms. The standard InChI is InChI=1S/C10H9ClO3/c1-14-10(13)8-4-2-7(3-5-8)9(12)6-11/h2-5H,6H2,1H3. The maximum Gasteiger partial charge on any atom is 0.337 e. The van der Waals surface area contributed by atoms with Crippen LogP contribution in [0.4, 0.5) is 0 Å². The molecule has 0 fully saturated rings. The van der Waals surface area contributed by atoms with Gasteiger partial charge in [-0.3, -0.25) is 4.79 Å². The minimum atomic E-state index is -0.421. The summed E-state index contributed by atoms with van der Waals surface area (Å²) in [4.78, 5) is 22.1. The van der Waals surface area contributed by atoms with Gasteiger partial charge < -0.3 is 4.74 Å². The lowest BCUT2D eigenvalue weighted by atomic mass is 10.1. The van der Waals surface area contributed by atoms with Crippen LogP contribution in [0.2, 0.25) is 0 Å². The quantitative estimate of drug-likeness (QED) is 0.437. The maximum atomic E-state index is 11.1. The fourth-order valence-corrected chi connectivity index (χ4v) is 1.14. The largest absolute Gasteiger partial charge is 0.465 e. The van der Waals surface area contributed by atoms with Crippen molar-refractivity contribution in [2.45, 2.75) is 0 Å². The highest BCUT2D eigenvalue weighted by molar-refractivity contribution is 6.30. The summed E-state index contributed by atoms with van der Waals surface area (Å²) in [5.41, 5.74) is 0.909. The highest BCUT2D eigenvalue weighted by Crippen LogP contribution is 2.07. The van der Waals surface area contributed by atoms with Gasteiger partial charge in [0.15, 0.2) is 5.78 Å². The Labute approximate surface area is 86.6 Å². The molecule has 0 aliphatic rings. The molecule has 3 nitrogen and oxygen atoms in total. The van der Waals surface area contributed by atoms with Crippen LogP contribution >= 0.6 is 11.6 Å². The number of ether oxygens (including phenoxy) is 1. The van der Waals surface area contributed by atoms with Crippen LogP contribution in [0.1, 0.15) is 20.7 Å².